The molecule has 3 rings (SSSR count). The van der Waals surface area contributed by atoms with E-state index in [2.05, 4.69) is 54.7 Å². The predicted molar refractivity (Wildman–Crippen MR) is 92.7 cm³/mol. The van der Waals surface area contributed by atoms with Crippen LogP contribution in [0.15, 0.2) is 24.3 Å². The van der Waals surface area contributed by atoms with Crippen LogP contribution in [0, 0.1) is 0 Å². The first-order chi connectivity index (χ1) is 9.79. The van der Waals surface area contributed by atoms with E-state index in [4.69, 9.17) is 5.73 Å². The van der Waals surface area contributed by atoms with Gasteiger partial charge in [-0.2, -0.15) is 23.5 Å². The molecule has 3 unspecified atom stereocenters. The van der Waals surface area contributed by atoms with Crippen LogP contribution in [0.4, 0.5) is 0 Å². The number of benzene rings is 1. The molecule has 1 heterocycles. The average Bonchev–Trinajstić information content (AvgIpc) is 2.45. The molecular weight excluding hydrogens is 282 g/mol. The zero-order valence-corrected chi connectivity index (χ0v) is 13.9. The number of thioether (sulfide) groups is 2. The van der Waals surface area contributed by atoms with Gasteiger partial charge < -0.3 is 5.73 Å². The third-order valence-electron chi connectivity index (χ3n) is 4.72. The molecular formula is C17H25NS2. The Morgan fingerprint density at radius 3 is 2.75 bits per heavy atom. The van der Waals surface area contributed by atoms with Gasteiger partial charge in [0.05, 0.1) is 0 Å². The molecule has 2 N–H and O–H groups in total. The molecule has 1 saturated heterocycles. The van der Waals surface area contributed by atoms with Crippen molar-refractivity contribution in [2.45, 2.75) is 55.1 Å². The summed E-state index contributed by atoms with van der Waals surface area (Å²) in [7, 11) is 0. The first kappa shape index (κ1) is 14.8. The van der Waals surface area contributed by atoms with E-state index in [1.807, 2.05) is 0 Å². The SMILES string of the molecule is CCC1SCCSC1C(N)c1cccc(C2CCC2)c1. The quantitative estimate of drug-likeness (QED) is 0.881. The number of nitrogens with two attached hydrogens (primary N) is 1. The van der Waals surface area contributed by atoms with Crippen LogP contribution < -0.4 is 5.73 Å². The van der Waals surface area contributed by atoms with Gasteiger partial charge in [-0.25, -0.2) is 0 Å². The molecule has 3 heteroatoms. The summed E-state index contributed by atoms with van der Waals surface area (Å²) < 4.78 is 0. The minimum atomic E-state index is 0.192. The van der Waals surface area contributed by atoms with Gasteiger partial charge in [0.2, 0.25) is 0 Å². The maximum absolute atomic E-state index is 6.63. The Bertz CT molecular complexity index is 444. The van der Waals surface area contributed by atoms with E-state index < -0.39 is 0 Å². The first-order valence-corrected chi connectivity index (χ1v) is 9.98. The van der Waals surface area contributed by atoms with E-state index in [-0.39, 0.29) is 6.04 Å². The molecule has 110 valence electrons. The molecule has 1 saturated carbocycles. The van der Waals surface area contributed by atoms with Crippen molar-refractivity contribution in [2.24, 2.45) is 5.73 Å². The molecule has 2 fully saturated rings. The zero-order chi connectivity index (χ0) is 13.9. The lowest BCUT2D eigenvalue weighted by molar-refractivity contribution is 0.419. The Kier molecular flexibility index (Phi) is 5.00. The van der Waals surface area contributed by atoms with Gasteiger partial charge in [0.15, 0.2) is 0 Å². The van der Waals surface area contributed by atoms with Crippen molar-refractivity contribution >= 4 is 23.5 Å². The normalized spacial score (nSPS) is 28.9. The molecule has 0 aromatic heterocycles. The van der Waals surface area contributed by atoms with Crippen molar-refractivity contribution in [3.05, 3.63) is 35.4 Å². The van der Waals surface area contributed by atoms with E-state index >= 15 is 0 Å². The Morgan fingerprint density at radius 2 is 2.05 bits per heavy atom. The van der Waals surface area contributed by atoms with Gasteiger partial charge in [-0.15, -0.1) is 0 Å². The predicted octanol–water partition coefficient (Wildman–Crippen LogP) is 4.58. The smallest absolute Gasteiger partial charge is 0.0426 e. The van der Waals surface area contributed by atoms with E-state index in [0.29, 0.717) is 5.25 Å². The van der Waals surface area contributed by atoms with Gasteiger partial charge in [-0.05, 0) is 36.3 Å². The van der Waals surface area contributed by atoms with E-state index in [1.165, 1.54) is 48.3 Å². The van der Waals surface area contributed by atoms with Crippen LogP contribution in [0.1, 0.15) is 55.7 Å². The highest BCUT2D eigenvalue weighted by Crippen LogP contribution is 2.41. The van der Waals surface area contributed by atoms with Gasteiger partial charge in [0, 0.05) is 28.0 Å². The Balaban J connectivity index is 1.76. The summed E-state index contributed by atoms with van der Waals surface area (Å²) in [6.07, 6.45) is 5.36. The van der Waals surface area contributed by atoms with E-state index in [1.54, 1.807) is 0 Å². The molecule has 1 aliphatic carbocycles. The average molecular weight is 308 g/mol. The topological polar surface area (TPSA) is 26.0 Å². The summed E-state index contributed by atoms with van der Waals surface area (Å²) in [5.74, 6) is 3.34. The molecule has 1 aliphatic heterocycles. The molecule has 0 spiro atoms. The lowest BCUT2D eigenvalue weighted by Gasteiger charge is -2.35. The minimum absolute atomic E-state index is 0.192. The van der Waals surface area contributed by atoms with Crippen LogP contribution in [0.2, 0.25) is 0 Å². The van der Waals surface area contributed by atoms with Crippen LogP contribution >= 0.6 is 23.5 Å². The minimum Gasteiger partial charge on any atom is -0.323 e. The highest BCUT2D eigenvalue weighted by molar-refractivity contribution is 8.07. The summed E-state index contributed by atoms with van der Waals surface area (Å²) in [6, 6.07) is 9.32. The van der Waals surface area contributed by atoms with Gasteiger partial charge in [-0.1, -0.05) is 37.6 Å². The summed E-state index contributed by atoms with van der Waals surface area (Å²) in [5.41, 5.74) is 9.50. The Morgan fingerprint density at radius 1 is 1.25 bits per heavy atom. The van der Waals surface area contributed by atoms with Crippen molar-refractivity contribution in [3.8, 4) is 0 Å². The second-order valence-electron chi connectivity index (χ2n) is 5.98. The van der Waals surface area contributed by atoms with Crippen LogP contribution in [0.3, 0.4) is 0 Å². The fourth-order valence-electron chi connectivity index (χ4n) is 3.22. The van der Waals surface area contributed by atoms with E-state index in [0.717, 1.165) is 11.2 Å². The van der Waals surface area contributed by atoms with Gasteiger partial charge in [0.25, 0.3) is 0 Å². The van der Waals surface area contributed by atoms with Crippen LogP contribution in [-0.2, 0) is 0 Å². The Hall–Kier alpha value is -0.120. The number of hydrogen-bond acceptors (Lipinski definition) is 3. The third kappa shape index (κ3) is 3.05. The maximum atomic E-state index is 6.63. The van der Waals surface area contributed by atoms with Crippen molar-refractivity contribution in [1.29, 1.82) is 0 Å². The number of hydrogen-bond donors (Lipinski definition) is 1. The lowest BCUT2D eigenvalue weighted by atomic mass is 9.79. The molecule has 1 aromatic rings. The summed E-state index contributed by atoms with van der Waals surface area (Å²) in [5, 5.41) is 1.30. The number of rotatable bonds is 4. The van der Waals surface area contributed by atoms with E-state index in [9.17, 15) is 0 Å². The zero-order valence-electron chi connectivity index (χ0n) is 12.3. The summed E-state index contributed by atoms with van der Waals surface area (Å²) in [6.45, 7) is 2.30. The monoisotopic (exact) mass is 307 g/mol. The van der Waals surface area contributed by atoms with Crippen molar-refractivity contribution in [2.75, 3.05) is 11.5 Å². The van der Waals surface area contributed by atoms with Gasteiger partial charge >= 0.3 is 0 Å². The highest BCUT2D eigenvalue weighted by Gasteiger charge is 2.31. The maximum Gasteiger partial charge on any atom is 0.0426 e. The summed E-state index contributed by atoms with van der Waals surface area (Å²) in [4.78, 5) is 0. The fourth-order valence-corrected chi connectivity index (χ4v) is 6.40. The molecule has 0 bridgehead atoms. The summed E-state index contributed by atoms with van der Waals surface area (Å²) >= 11 is 4.21. The molecule has 0 radical (unpaired) electrons. The molecule has 3 atom stereocenters. The standard InChI is InChI=1S/C17H25NS2/c1-2-15-17(20-10-9-19-15)16(18)14-8-4-7-13(11-14)12-5-3-6-12/h4,7-8,11-12,15-17H,2-3,5-6,9-10,18H2,1H3. The van der Waals surface area contributed by atoms with Crippen LogP contribution in [-0.4, -0.2) is 22.0 Å². The van der Waals surface area contributed by atoms with Crippen LogP contribution in [0.25, 0.3) is 0 Å². The van der Waals surface area contributed by atoms with Crippen molar-refractivity contribution in [3.63, 3.8) is 0 Å². The largest absolute Gasteiger partial charge is 0.323 e. The first-order valence-electron chi connectivity index (χ1n) is 7.88. The van der Waals surface area contributed by atoms with Crippen LogP contribution in [0.5, 0.6) is 0 Å². The second kappa shape index (κ2) is 6.76. The van der Waals surface area contributed by atoms with Gasteiger partial charge in [0.1, 0.15) is 0 Å². The van der Waals surface area contributed by atoms with Gasteiger partial charge in [-0.3, -0.25) is 0 Å². The molecule has 1 nitrogen and oxygen atoms in total. The fraction of sp³-hybridized carbons (Fsp3) is 0.647. The lowest BCUT2D eigenvalue weighted by Crippen LogP contribution is -2.35. The second-order valence-corrected chi connectivity index (χ2v) is 8.61. The third-order valence-corrected chi connectivity index (χ3v) is 8.09. The molecule has 0 amide bonds. The van der Waals surface area contributed by atoms with Crippen molar-refractivity contribution in [1.82, 2.24) is 0 Å². The molecule has 1 aromatic carbocycles. The molecule has 20 heavy (non-hydrogen) atoms. The Labute approximate surface area is 131 Å². The molecule has 2 aliphatic rings. The highest BCUT2D eigenvalue weighted by atomic mass is 32.2. The van der Waals surface area contributed by atoms with Crippen molar-refractivity contribution < 1.29 is 0 Å².